The van der Waals surface area contributed by atoms with Crippen LogP contribution < -0.4 is 10.5 Å². The molecule has 2 rings (SSSR count). The summed E-state index contributed by atoms with van der Waals surface area (Å²) in [6.07, 6.45) is 1.84. The first kappa shape index (κ1) is 9.81. The van der Waals surface area contributed by atoms with Crippen molar-refractivity contribution in [2.45, 2.75) is 0 Å². The molecule has 1 atom stereocenters. The van der Waals surface area contributed by atoms with Crippen LogP contribution in [-0.4, -0.2) is 42.9 Å². The third kappa shape index (κ3) is 2.20. The fourth-order valence-corrected chi connectivity index (χ4v) is 1.87. The van der Waals surface area contributed by atoms with Gasteiger partial charge in [-0.1, -0.05) is 8.58 Å². The summed E-state index contributed by atoms with van der Waals surface area (Å²) in [6, 6.07) is 1.97. The number of anilines is 1. The van der Waals surface area contributed by atoms with Gasteiger partial charge in [0.15, 0.2) is 0 Å². The molecule has 0 aliphatic carbocycles. The Hall–Kier alpha value is -0.730. The number of rotatable bonds is 2. The van der Waals surface area contributed by atoms with Crippen LogP contribution in [0.2, 0.25) is 0 Å². The van der Waals surface area contributed by atoms with Crippen molar-refractivity contribution in [3.8, 4) is 0 Å². The van der Waals surface area contributed by atoms with E-state index in [0.717, 1.165) is 37.7 Å². The van der Waals surface area contributed by atoms with E-state index in [1.807, 2.05) is 12.3 Å². The zero-order chi connectivity index (χ0) is 9.80. The van der Waals surface area contributed by atoms with Crippen LogP contribution in [-0.2, 0) is 4.74 Å². The van der Waals surface area contributed by atoms with Gasteiger partial charge in [-0.25, -0.2) is 9.97 Å². The largest absolute Gasteiger partial charge is 0.378 e. The molecule has 0 N–H and O–H groups in total. The van der Waals surface area contributed by atoms with E-state index in [1.54, 1.807) is 0 Å². The first-order chi connectivity index (χ1) is 6.90. The highest BCUT2D eigenvalue weighted by Crippen LogP contribution is 2.11. The first-order valence-corrected chi connectivity index (χ1v) is 6.23. The van der Waals surface area contributed by atoms with Gasteiger partial charge in [-0.15, -0.1) is 0 Å². The SMILES string of the molecule is CPc1nccc(N2CCOCC2)n1. The molecule has 0 amide bonds. The van der Waals surface area contributed by atoms with Gasteiger partial charge in [0, 0.05) is 19.3 Å². The van der Waals surface area contributed by atoms with Crippen LogP contribution in [0.15, 0.2) is 12.3 Å². The molecule has 2 heterocycles. The summed E-state index contributed by atoms with van der Waals surface area (Å²) >= 11 is 0. The molecule has 1 aliphatic rings. The van der Waals surface area contributed by atoms with Gasteiger partial charge in [-0.3, -0.25) is 0 Å². The minimum atomic E-state index is 0.661. The highest BCUT2D eigenvalue weighted by atomic mass is 31.1. The predicted molar refractivity (Wildman–Crippen MR) is 58.9 cm³/mol. The number of nitrogens with zero attached hydrogens (tertiary/aromatic N) is 3. The summed E-state index contributed by atoms with van der Waals surface area (Å²) in [4.78, 5) is 10.9. The standard InChI is InChI=1S/C9H14N3OP/c1-14-9-10-3-2-8(11-9)12-4-6-13-7-5-12/h2-3,14H,4-7H2,1H3. The molecule has 5 heteroatoms. The predicted octanol–water partition coefficient (Wildman–Crippen LogP) is 0.247. The molecule has 14 heavy (non-hydrogen) atoms. The van der Waals surface area contributed by atoms with Crippen molar-refractivity contribution >= 4 is 20.0 Å². The molecule has 4 nitrogen and oxygen atoms in total. The van der Waals surface area contributed by atoms with Gasteiger partial charge in [0.2, 0.25) is 0 Å². The number of hydrogen-bond donors (Lipinski definition) is 0. The monoisotopic (exact) mass is 211 g/mol. The van der Waals surface area contributed by atoms with E-state index in [1.165, 1.54) is 0 Å². The van der Waals surface area contributed by atoms with Gasteiger partial charge in [-0.05, 0) is 12.7 Å². The summed E-state index contributed by atoms with van der Waals surface area (Å²) in [5.41, 5.74) is 0.939. The van der Waals surface area contributed by atoms with Gasteiger partial charge in [0.1, 0.15) is 11.4 Å². The number of aromatic nitrogens is 2. The van der Waals surface area contributed by atoms with Crippen LogP contribution in [0.4, 0.5) is 5.82 Å². The maximum Gasteiger partial charge on any atom is 0.149 e. The Labute approximate surface area is 85.5 Å². The third-order valence-electron chi connectivity index (χ3n) is 2.20. The molecule has 1 unspecified atom stereocenters. The Morgan fingerprint density at radius 2 is 2.21 bits per heavy atom. The van der Waals surface area contributed by atoms with Crippen LogP contribution in [0.25, 0.3) is 0 Å². The number of morpholine rings is 1. The number of hydrogen-bond acceptors (Lipinski definition) is 4. The third-order valence-corrected chi connectivity index (χ3v) is 2.89. The molecule has 76 valence electrons. The lowest BCUT2D eigenvalue weighted by molar-refractivity contribution is 0.122. The first-order valence-electron chi connectivity index (χ1n) is 4.73. The molecular formula is C9H14N3OP. The highest BCUT2D eigenvalue weighted by molar-refractivity contribution is 7.45. The summed E-state index contributed by atoms with van der Waals surface area (Å²) < 4.78 is 5.29. The topological polar surface area (TPSA) is 38.2 Å². The zero-order valence-corrected chi connectivity index (χ0v) is 9.23. The van der Waals surface area contributed by atoms with E-state index < -0.39 is 0 Å². The summed E-state index contributed by atoms with van der Waals surface area (Å²) in [5, 5.41) is 0. The van der Waals surface area contributed by atoms with Crippen molar-refractivity contribution in [1.29, 1.82) is 0 Å². The molecule has 1 aliphatic heterocycles. The van der Waals surface area contributed by atoms with E-state index in [2.05, 4.69) is 21.5 Å². The Morgan fingerprint density at radius 3 is 2.93 bits per heavy atom. The quantitative estimate of drug-likeness (QED) is 0.657. The Bertz CT molecular complexity index is 302. The van der Waals surface area contributed by atoms with E-state index in [9.17, 15) is 0 Å². The molecule has 0 bridgehead atoms. The van der Waals surface area contributed by atoms with E-state index >= 15 is 0 Å². The minimum absolute atomic E-state index is 0.661. The lowest BCUT2D eigenvalue weighted by atomic mass is 10.4. The molecule has 0 radical (unpaired) electrons. The maximum atomic E-state index is 5.29. The van der Waals surface area contributed by atoms with Crippen molar-refractivity contribution in [3.05, 3.63) is 12.3 Å². The van der Waals surface area contributed by atoms with Gasteiger partial charge in [-0.2, -0.15) is 0 Å². The van der Waals surface area contributed by atoms with Crippen LogP contribution in [0.3, 0.4) is 0 Å². The van der Waals surface area contributed by atoms with Crippen molar-refractivity contribution < 1.29 is 4.74 Å². The number of ether oxygens (including phenoxy) is 1. The molecule has 1 aromatic rings. The molecule has 0 aromatic carbocycles. The highest BCUT2D eigenvalue weighted by Gasteiger charge is 2.12. The summed E-state index contributed by atoms with van der Waals surface area (Å²) in [5.74, 6) is 1.03. The Balaban J connectivity index is 2.13. The average molecular weight is 211 g/mol. The minimum Gasteiger partial charge on any atom is -0.378 e. The van der Waals surface area contributed by atoms with Crippen molar-refractivity contribution in [3.63, 3.8) is 0 Å². The van der Waals surface area contributed by atoms with Crippen molar-refractivity contribution in [1.82, 2.24) is 9.97 Å². The van der Waals surface area contributed by atoms with E-state index in [-0.39, 0.29) is 0 Å². The second-order valence-electron chi connectivity index (χ2n) is 3.09. The van der Waals surface area contributed by atoms with Crippen LogP contribution in [0, 0.1) is 0 Å². The second kappa shape index (κ2) is 4.67. The summed E-state index contributed by atoms with van der Waals surface area (Å²) in [6.45, 7) is 5.56. The van der Waals surface area contributed by atoms with Crippen LogP contribution >= 0.6 is 8.58 Å². The molecule has 1 saturated heterocycles. The lowest BCUT2D eigenvalue weighted by Crippen LogP contribution is -2.37. The van der Waals surface area contributed by atoms with Crippen LogP contribution in [0.5, 0.6) is 0 Å². The lowest BCUT2D eigenvalue weighted by Gasteiger charge is -2.27. The molecule has 0 saturated carbocycles. The maximum absolute atomic E-state index is 5.29. The van der Waals surface area contributed by atoms with Crippen molar-refractivity contribution in [2.24, 2.45) is 0 Å². The van der Waals surface area contributed by atoms with Gasteiger partial charge in [0.25, 0.3) is 0 Å². The molecule has 1 aromatic heterocycles. The molecule has 1 fully saturated rings. The average Bonchev–Trinajstić information content (AvgIpc) is 2.30. The van der Waals surface area contributed by atoms with Crippen molar-refractivity contribution in [2.75, 3.05) is 37.9 Å². The summed E-state index contributed by atoms with van der Waals surface area (Å²) in [7, 11) is 0.661. The Kier molecular flexibility index (Phi) is 3.27. The van der Waals surface area contributed by atoms with E-state index in [4.69, 9.17) is 4.74 Å². The molecular weight excluding hydrogens is 197 g/mol. The smallest absolute Gasteiger partial charge is 0.149 e. The Morgan fingerprint density at radius 1 is 1.43 bits per heavy atom. The van der Waals surface area contributed by atoms with Gasteiger partial charge < -0.3 is 9.64 Å². The van der Waals surface area contributed by atoms with Gasteiger partial charge in [0.05, 0.1) is 13.2 Å². The zero-order valence-electron chi connectivity index (χ0n) is 8.23. The van der Waals surface area contributed by atoms with Crippen LogP contribution in [0.1, 0.15) is 0 Å². The normalized spacial score (nSPS) is 17.9. The molecule has 0 spiro atoms. The fraction of sp³-hybridized carbons (Fsp3) is 0.556. The van der Waals surface area contributed by atoms with Gasteiger partial charge >= 0.3 is 0 Å². The second-order valence-corrected chi connectivity index (χ2v) is 4.04. The fourth-order valence-electron chi connectivity index (χ4n) is 1.44. The van der Waals surface area contributed by atoms with E-state index in [0.29, 0.717) is 8.58 Å².